The quantitative estimate of drug-likeness (QED) is 0.732. The number of nitrogens with one attached hydrogen (secondary N) is 2. The van der Waals surface area contributed by atoms with Crippen LogP contribution in [0, 0.1) is 5.82 Å². The Balaban J connectivity index is 1.84. The summed E-state index contributed by atoms with van der Waals surface area (Å²) in [5.41, 5.74) is 0.990. The predicted octanol–water partition coefficient (Wildman–Crippen LogP) is 2.68. The molecule has 0 aliphatic rings. The molecule has 0 radical (unpaired) electrons. The number of halogens is 1. The zero-order valence-corrected chi connectivity index (χ0v) is 12.0. The number of hydrogen-bond donors (Lipinski definition) is 2. The lowest BCUT2D eigenvalue weighted by Gasteiger charge is -2.08. The molecule has 21 heavy (non-hydrogen) atoms. The Morgan fingerprint density at radius 2 is 1.95 bits per heavy atom. The number of nitrogens with zero attached hydrogens (tertiary/aromatic N) is 2. The molecule has 0 aliphatic carbocycles. The summed E-state index contributed by atoms with van der Waals surface area (Å²) < 4.78 is 17.8. The van der Waals surface area contributed by atoms with Crippen LogP contribution >= 0.6 is 0 Å². The summed E-state index contributed by atoms with van der Waals surface area (Å²) in [4.78, 5) is 8.51. The Bertz CT molecular complexity index is 548. The number of aromatic nitrogens is 2. The van der Waals surface area contributed by atoms with E-state index in [-0.39, 0.29) is 5.82 Å². The summed E-state index contributed by atoms with van der Waals surface area (Å²) >= 11 is 0. The lowest BCUT2D eigenvalue weighted by molar-refractivity contribution is 0.197. The first kappa shape index (κ1) is 15.2. The van der Waals surface area contributed by atoms with Gasteiger partial charge in [-0.1, -0.05) is 12.1 Å². The zero-order valence-electron chi connectivity index (χ0n) is 12.0. The molecule has 2 rings (SSSR count). The first-order chi connectivity index (χ1) is 10.3. The highest BCUT2D eigenvalue weighted by atomic mass is 19.1. The Morgan fingerprint density at radius 3 is 2.71 bits per heavy atom. The molecule has 0 saturated heterocycles. The van der Waals surface area contributed by atoms with Crippen molar-refractivity contribution in [3.63, 3.8) is 0 Å². The van der Waals surface area contributed by atoms with Crippen LogP contribution in [0.1, 0.15) is 12.0 Å². The first-order valence-corrected chi connectivity index (χ1v) is 6.82. The van der Waals surface area contributed by atoms with Crippen molar-refractivity contribution in [1.29, 1.82) is 0 Å². The van der Waals surface area contributed by atoms with Gasteiger partial charge in [0.25, 0.3) is 0 Å². The summed E-state index contributed by atoms with van der Waals surface area (Å²) in [7, 11) is 1.68. The summed E-state index contributed by atoms with van der Waals surface area (Å²) in [6.07, 6.45) is 2.59. The van der Waals surface area contributed by atoms with Gasteiger partial charge in [0.1, 0.15) is 11.6 Å². The van der Waals surface area contributed by atoms with E-state index in [1.54, 1.807) is 31.5 Å². The van der Waals surface area contributed by atoms with Crippen LogP contribution in [0.15, 0.2) is 36.5 Å². The fourth-order valence-corrected chi connectivity index (χ4v) is 1.75. The maximum Gasteiger partial charge on any atom is 0.224 e. The van der Waals surface area contributed by atoms with Crippen molar-refractivity contribution in [3.8, 4) is 0 Å². The van der Waals surface area contributed by atoms with Crippen molar-refractivity contribution in [1.82, 2.24) is 9.97 Å². The van der Waals surface area contributed by atoms with E-state index in [2.05, 4.69) is 20.6 Å². The van der Waals surface area contributed by atoms with E-state index in [0.717, 1.165) is 24.3 Å². The van der Waals surface area contributed by atoms with Gasteiger partial charge in [0.2, 0.25) is 5.95 Å². The minimum Gasteiger partial charge on any atom is -0.385 e. The van der Waals surface area contributed by atoms with E-state index in [4.69, 9.17) is 4.74 Å². The summed E-state index contributed by atoms with van der Waals surface area (Å²) in [5, 5.41) is 6.32. The average molecular weight is 290 g/mol. The third-order valence-corrected chi connectivity index (χ3v) is 2.85. The van der Waals surface area contributed by atoms with Gasteiger partial charge in [-0.2, -0.15) is 4.98 Å². The van der Waals surface area contributed by atoms with E-state index in [0.29, 0.717) is 19.1 Å². The van der Waals surface area contributed by atoms with Gasteiger partial charge < -0.3 is 15.4 Å². The third-order valence-electron chi connectivity index (χ3n) is 2.85. The van der Waals surface area contributed by atoms with Crippen molar-refractivity contribution < 1.29 is 9.13 Å². The van der Waals surface area contributed by atoms with Crippen LogP contribution < -0.4 is 10.6 Å². The molecule has 0 fully saturated rings. The van der Waals surface area contributed by atoms with E-state index in [9.17, 15) is 4.39 Å². The lowest BCUT2D eigenvalue weighted by atomic mass is 10.2. The topological polar surface area (TPSA) is 59.1 Å². The highest BCUT2D eigenvalue weighted by Gasteiger charge is 1.99. The zero-order chi connectivity index (χ0) is 14.9. The number of rotatable bonds is 8. The molecular formula is C15H19FN4O. The van der Waals surface area contributed by atoms with Gasteiger partial charge >= 0.3 is 0 Å². The fourth-order valence-electron chi connectivity index (χ4n) is 1.75. The van der Waals surface area contributed by atoms with Crippen molar-refractivity contribution in [2.75, 3.05) is 30.9 Å². The van der Waals surface area contributed by atoms with Crippen LogP contribution in [0.2, 0.25) is 0 Å². The second kappa shape index (κ2) is 8.16. The van der Waals surface area contributed by atoms with Crippen LogP contribution in [0.4, 0.5) is 16.2 Å². The molecule has 0 aliphatic heterocycles. The molecule has 0 spiro atoms. The van der Waals surface area contributed by atoms with E-state index < -0.39 is 0 Å². The van der Waals surface area contributed by atoms with E-state index in [1.807, 2.05) is 0 Å². The van der Waals surface area contributed by atoms with Crippen LogP contribution in [-0.2, 0) is 11.3 Å². The lowest BCUT2D eigenvalue weighted by Crippen LogP contribution is -2.09. The van der Waals surface area contributed by atoms with Crippen molar-refractivity contribution in [2.24, 2.45) is 0 Å². The second-order valence-corrected chi connectivity index (χ2v) is 4.52. The summed E-state index contributed by atoms with van der Waals surface area (Å²) in [6, 6.07) is 8.17. The SMILES string of the molecule is COCCCNc1nccc(NCc2ccc(F)cc2)n1. The highest BCUT2D eigenvalue weighted by molar-refractivity contribution is 5.40. The minimum atomic E-state index is -0.233. The maximum absolute atomic E-state index is 12.8. The van der Waals surface area contributed by atoms with Gasteiger partial charge in [-0.05, 0) is 30.2 Å². The molecule has 112 valence electrons. The number of ether oxygens (including phenoxy) is 1. The molecular weight excluding hydrogens is 271 g/mol. The molecule has 0 unspecified atom stereocenters. The van der Waals surface area contributed by atoms with Gasteiger partial charge in [-0.25, -0.2) is 9.37 Å². The molecule has 0 saturated carbocycles. The van der Waals surface area contributed by atoms with Gasteiger partial charge in [-0.3, -0.25) is 0 Å². The Labute approximate surface area is 123 Å². The Hall–Kier alpha value is -2.21. The second-order valence-electron chi connectivity index (χ2n) is 4.52. The molecule has 0 amide bonds. The fraction of sp³-hybridized carbons (Fsp3) is 0.333. The Kier molecular flexibility index (Phi) is 5.90. The molecule has 1 aromatic heterocycles. The minimum absolute atomic E-state index is 0.233. The third kappa shape index (κ3) is 5.35. The van der Waals surface area contributed by atoms with Crippen molar-refractivity contribution in [3.05, 3.63) is 47.9 Å². The molecule has 5 nitrogen and oxygen atoms in total. The standard InChI is InChI=1S/C15H19FN4O/c1-21-10-2-8-17-15-18-9-7-14(20-15)19-11-12-3-5-13(16)6-4-12/h3-7,9H,2,8,10-11H2,1H3,(H2,17,18,19,20). The first-order valence-electron chi connectivity index (χ1n) is 6.82. The average Bonchev–Trinajstić information content (AvgIpc) is 2.52. The number of anilines is 2. The molecule has 1 aromatic carbocycles. The predicted molar refractivity (Wildman–Crippen MR) is 80.7 cm³/mol. The monoisotopic (exact) mass is 290 g/mol. The number of methoxy groups -OCH3 is 1. The summed E-state index contributed by atoms with van der Waals surface area (Å²) in [5.74, 6) is 1.07. The van der Waals surface area contributed by atoms with Gasteiger partial charge in [0, 0.05) is 33.0 Å². The molecule has 2 aromatic rings. The van der Waals surface area contributed by atoms with Gasteiger partial charge in [-0.15, -0.1) is 0 Å². The largest absolute Gasteiger partial charge is 0.385 e. The van der Waals surface area contributed by atoms with E-state index in [1.165, 1.54) is 12.1 Å². The van der Waals surface area contributed by atoms with E-state index >= 15 is 0 Å². The van der Waals surface area contributed by atoms with Crippen LogP contribution in [0.3, 0.4) is 0 Å². The molecule has 0 atom stereocenters. The molecule has 2 N–H and O–H groups in total. The van der Waals surface area contributed by atoms with Gasteiger partial charge in [0.05, 0.1) is 0 Å². The normalized spacial score (nSPS) is 10.4. The molecule has 0 bridgehead atoms. The molecule has 6 heteroatoms. The highest BCUT2D eigenvalue weighted by Crippen LogP contribution is 2.09. The number of hydrogen-bond acceptors (Lipinski definition) is 5. The maximum atomic E-state index is 12.8. The van der Waals surface area contributed by atoms with Gasteiger partial charge in [0.15, 0.2) is 0 Å². The summed E-state index contributed by atoms with van der Waals surface area (Å²) in [6.45, 7) is 2.05. The smallest absolute Gasteiger partial charge is 0.224 e. The Morgan fingerprint density at radius 1 is 1.14 bits per heavy atom. The van der Waals surface area contributed by atoms with Crippen molar-refractivity contribution >= 4 is 11.8 Å². The number of benzene rings is 1. The van der Waals surface area contributed by atoms with Crippen molar-refractivity contribution in [2.45, 2.75) is 13.0 Å². The molecule has 1 heterocycles. The van der Waals surface area contributed by atoms with Crippen LogP contribution in [-0.4, -0.2) is 30.2 Å². The van der Waals surface area contributed by atoms with Crippen LogP contribution in [0.25, 0.3) is 0 Å². The van der Waals surface area contributed by atoms with Crippen LogP contribution in [0.5, 0.6) is 0 Å².